The van der Waals surface area contributed by atoms with Crippen LogP contribution >= 0.6 is 0 Å². The van der Waals surface area contributed by atoms with E-state index in [0.717, 1.165) is 19.4 Å². The first-order valence-electron chi connectivity index (χ1n) is 3.20. The number of rotatable bonds is 1. The van der Waals surface area contributed by atoms with Crippen LogP contribution in [0.5, 0.6) is 0 Å². The molecule has 0 amide bonds. The van der Waals surface area contributed by atoms with E-state index in [2.05, 4.69) is 0 Å². The van der Waals surface area contributed by atoms with E-state index in [4.69, 9.17) is 4.74 Å². The van der Waals surface area contributed by atoms with Crippen LogP contribution in [0.4, 0.5) is 0 Å². The molecule has 0 aromatic carbocycles. The molecule has 0 aromatic rings. The quantitative estimate of drug-likeness (QED) is 0.542. The normalized spacial score (nSPS) is 31.9. The van der Waals surface area contributed by atoms with E-state index in [9.17, 15) is 4.21 Å². The zero-order valence-corrected chi connectivity index (χ0v) is 6.45. The van der Waals surface area contributed by atoms with Gasteiger partial charge in [0.2, 0.25) is 0 Å². The van der Waals surface area contributed by atoms with Crippen molar-refractivity contribution in [3.63, 3.8) is 0 Å². The Balaban J connectivity index is 2.31. The summed E-state index contributed by atoms with van der Waals surface area (Å²) < 4.78 is 16.0. The van der Waals surface area contributed by atoms with Crippen LogP contribution in [0.1, 0.15) is 12.8 Å². The maximum atomic E-state index is 10.8. The summed E-state index contributed by atoms with van der Waals surface area (Å²) in [6, 6.07) is 0. The fourth-order valence-corrected chi connectivity index (χ4v) is 1.76. The molecular weight excluding hydrogens is 136 g/mol. The lowest BCUT2D eigenvalue weighted by molar-refractivity contribution is 0.100. The van der Waals surface area contributed by atoms with Gasteiger partial charge < -0.3 is 4.74 Å². The maximum Gasteiger partial charge on any atom is 0.0609 e. The smallest absolute Gasteiger partial charge is 0.0609 e. The third-order valence-electron chi connectivity index (χ3n) is 1.59. The van der Waals surface area contributed by atoms with Gasteiger partial charge in [0.15, 0.2) is 0 Å². The fraction of sp³-hybridized carbons (Fsp3) is 1.00. The van der Waals surface area contributed by atoms with Crippen molar-refractivity contribution in [2.45, 2.75) is 18.1 Å². The first-order chi connectivity index (χ1) is 4.30. The fourth-order valence-electron chi connectivity index (χ4n) is 0.973. The molecule has 0 unspecified atom stereocenters. The Bertz CT molecular complexity index is 108. The van der Waals surface area contributed by atoms with Gasteiger partial charge in [-0.05, 0) is 12.8 Å². The van der Waals surface area contributed by atoms with Gasteiger partial charge in [0, 0.05) is 23.7 Å². The molecule has 0 aromatic heterocycles. The maximum absolute atomic E-state index is 10.8. The van der Waals surface area contributed by atoms with Crippen molar-refractivity contribution in [1.29, 1.82) is 0 Å². The zero-order chi connectivity index (χ0) is 6.69. The molecule has 0 spiro atoms. The van der Waals surface area contributed by atoms with E-state index in [1.54, 1.807) is 6.26 Å². The van der Waals surface area contributed by atoms with Gasteiger partial charge in [-0.25, -0.2) is 0 Å². The van der Waals surface area contributed by atoms with E-state index in [-0.39, 0.29) is 0 Å². The summed E-state index contributed by atoms with van der Waals surface area (Å²) in [5.41, 5.74) is 0. The van der Waals surface area contributed by atoms with Gasteiger partial charge in [-0.2, -0.15) is 0 Å². The van der Waals surface area contributed by atoms with Crippen LogP contribution in [0.3, 0.4) is 0 Å². The van der Waals surface area contributed by atoms with Gasteiger partial charge in [-0.3, -0.25) is 4.21 Å². The first kappa shape index (κ1) is 7.22. The second-order valence-electron chi connectivity index (χ2n) is 2.34. The van der Waals surface area contributed by atoms with Crippen molar-refractivity contribution >= 4 is 10.8 Å². The molecule has 0 saturated carbocycles. The molecule has 9 heavy (non-hydrogen) atoms. The molecule has 0 N–H and O–H groups in total. The molecule has 1 aliphatic rings. The number of ether oxygens (including phenoxy) is 1. The van der Waals surface area contributed by atoms with Gasteiger partial charge >= 0.3 is 0 Å². The van der Waals surface area contributed by atoms with Gasteiger partial charge in [0.25, 0.3) is 0 Å². The van der Waals surface area contributed by atoms with E-state index in [1.807, 2.05) is 0 Å². The third-order valence-corrected chi connectivity index (χ3v) is 2.90. The molecule has 1 heterocycles. The lowest BCUT2D eigenvalue weighted by atomic mass is 10.2. The Morgan fingerprint density at radius 1 is 1.67 bits per heavy atom. The topological polar surface area (TPSA) is 26.3 Å². The molecule has 1 saturated heterocycles. The zero-order valence-electron chi connectivity index (χ0n) is 5.63. The van der Waals surface area contributed by atoms with Gasteiger partial charge in [0.05, 0.1) is 11.9 Å². The van der Waals surface area contributed by atoms with Crippen LogP contribution in [0, 0.1) is 0 Å². The molecule has 0 radical (unpaired) electrons. The average molecular weight is 148 g/mol. The van der Waals surface area contributed by atoms with Crippen LogP contribution < -0.4 is 0 Å². The van der Waals surface area contributed by atoms with Crippen LogP contribution in [0.25, 0.3) is 0 Å². The summed E-state index contributed by atoms with van der Waals surface area (Å²) >= 11 is 0. The largest absolute Gasteiger partial charge is 0.380 e. The second kappa shape index (κ2) is 3.32. The Hall–Kier alpha value is 0.110. The van der Waals surface area contributed by atoms with Crippen molar-refractivity contribution in [2.24, 2.45) is 0 Å². The molecular formula is C6H12O2S. The minimum absolute atomic E-state index is 0.304. The Morgan fingerprint density at radius 3 is 2.78 bits per heavy atom. The standard InChI is InChI=1S/C6H12O2S/c1-9(7)6-3-2-4-8-5-6/h6H,2-5H2,1H3/t6-,9-/m1/s1. The lowest BCUT2D eigenvalue weighted by Crippen LogP contribution is -2.26. The Labute approximate surface area is 58.0 Å². The summed E-state index contributed by atoms with van der Waals surface area (Å²) in [6.07, 6.45) is 3.90. The van der Waals surface area contributed by atoms with Crippen molar-refractivity contribution < 1.29 is 8.95 Å². The SMILES string of the molecule is C[S@@](=O)[C@@H]1CCCOC1. The highest BCUT2D eigenvalue weighted by Gasteiger charge is 2.16. The highest BCUT2D eigenvalue weighted by molar-refractivity contribution is 7.84. The molecule has 0 bridgehead atoms. The van der Waals surface area contributed by atoms with E-state index >= 15 is 0 Å². The van der Waals surface area contributed by atoms with Crippen molar-refractivity contribution in [3.8, 4) is 0 Å². The van der Waals surface area contributed by atoms with Crippen LogP contribution in [0.2, 0.25) is 0 Å². The lowest BCUT2D eigenvalue weighted by Gasteiger charge is -2.19. The third kappa shape index (κ3) is 2.06. The average Bonchev–Trinajstić information content (AvgIpc) is 1.90. The Kier molecular flexibility index (Phi) is 2.66. The predicted octanol–water partition coefficient (Wildman–Crippen LogP) is 0.544. The molecule has 1 rings (SSSR count). The van der Waals surface area contributed by atoms with E-state index in [1.165, 1.54) is 0 Å². The summed E-state index contributed by atoms with van der Waals surface area (Å²) in [5, 5.41) is 0.304. The van der Waals surface area contributed by atoms with E-state index in [0.29, 0.717) is 11.9 Å². The summed E-state index contributed by atoms with van der Waals surface area (Å²) in [7, 11) is -0.677. The molecule has 0 aliphatic carbocycles. The minimum atomic E-state index is -0.677. The van der Waals surface area contributed by atoms with Gasteiger partial charge in [-0.15, -0.1) is 0 Å². The van der Waals surface area contributed by atoms with Crippen molar-refractivity contribution in [3.05, 3.63) is 0 Å². The first-order valence-corrected chi connectivity index (χ1v) is 4.83. The second-order valence-corrected chi connectivity index (χ2v) is 4.00. The summed E-state index contributed by atoms with van der Waals surface area (Å²) in [6.45, 7) is 1.55. The van der Waals surface area contributed by atoms with Gasteiger partial charge in [0.1, 0.15) is 0 Å². The molecule has 2 nitrogen and oxygen atoms in total. The van der Waals surface area contributed by atoms with Crippen molar-refractivity contribution in [2.75, 3.05) is 19.5 Å². The predicted molar refractivity (Wildman–Crippen MR) is 37.9 cm³/mol. The van der Waals surface area contributed by atoms with Crippen molar-refractivity contribution in [1.82, 2.24) is 0 Å². The monoisotopic (exact) mass is 148 g/mol. The minimum Gasteiger partial charge on any atom is -0.380 e. The molecule has 3 heteroatoms. The van der Waals surface area contributed by atoms with Crippen LogP contribution in [-0.2, 0) is 15.5 Å². The molecule has 1 fully saturated rings. The van der Waals surface area contributed by atoms with E-state index < -0.39 is 10.8 Å². The summed E-state index contributed by atoms with van der Waals surface area (Å²) in [5.74, 6) is 0. The molecule has 1 aliphatic heterocycles. The van der Waals surface area contributed by atoms with Gasteiger partial charge in [-0.1, -0.05) is 0 Å². The Morgan fingerprint density at radius 2 is 2.44 bits per heavy atom. The van der Waals surface area contributed by atoms with Crippen LogP contribution in [0.15, 0.2) is 0 Å². The highest BCUT2D eigenvalue weighted by Crippen LogP contribution is 2.10. The summed E-state index contributed by atoms with van der Waals surface area (Å²) in [4.78, 5) is 0. The highest BCUT2D eigenvalue weighted by atomic mass is 32.2. The van der Waals surface area contributed by atoms with Crippen LogP contribution in [-0.4, -0.2) is 28.9 Å². The molecule has 54 valence electrons. The number of hydrogen-bond acceptors (Lipinski definition) is 2. The molecule has 2 atom stereocenters. The number of hydrogen-bond donors (Lipinski definition) is 0.